The first-order valence-electron chi connectivity index (χ1n) is 6.66. The molecule has 0 radical (unpaired) electrons. The molecule has 3 heteroatoms. The van der Waals surface area contributed by atoms with Gasteiger partial charge < -0.3 is 4.43 Å². The summed E-state index contributed by atoms with van der Waals surface area (Å²) in [5.41, 5.74) is 0.815. The second-order valence-electron chi connectivity index (χ2n) is 6.89. The van der Waals surface area contributed by atoms with Crippen LogP contribution >= 0.6 is 0 Å². The van der Waals surface area contributed by atoms with Crippen LogP contribution < -0.4 is 0 Å². The Morgan fingerprint density at radius 3 is 2.33 bits per heavy atom. The second kappa shape index (κ2) is 5.14. The van der Waals surface area contributed by atoms with Crippen LogP contribution in [0.2, 0.25) is 18.1 Å². The van der Waals surface area contributed by atoms with E-state index in [1.54, 1.807) is 6.08 Å². The minimum Gasteiger partial charge on any atom is -0.406 e. The van der Waals surface area contributed by atoms with Crippen LogP contribution in [0.4, 0.5) is 0 Å². The van der Waals surface area contributed by atoms with Crippen molar-refractivity contribution in [3.05, 3.63) is 23.8 Å². The van der Waals surface area contributed by atoms with E-state index in [1.807, 2.05) is 12.2 Å². The lowest BCUT2D eigenvalue weighted by Gasteiger charge is -2.38. The number of hydrogen-bond acceptors (Lipinski definition) is 2. The fourth-order valence-electron chi connectivity index (χ4n) is 1.65. The fraction of sp³-hybridized carbons (Fsp3) is 0.667. The predicted molar refractivity (Wildman–Crippen MR) is 79.1 cm³/mol. The third-order valence-electron chi connectivity index (χ3n) is 3.75. The number of carbonyl (C=O) groups is 1. The van der Waals surface area contributed by atoms with Crippen molar-refractivity contribution in [2.24, 2.45) is 5.92 Å². The Bertz CT molecular complexity index is 384. The average Bonchev–Trinajstić information content (AvgIpc) is 2.46. The first-order valence-corrected chi connectivity index (χ1v) is 9.57. The van der Waals surface area contributed by atoms with Crippen LogP contribution in [0.5, 0.6) is 0 Å². The Hall–Kier alpha value is -0.673. The lowest BCUT2D eigenvalue weighted by Crippen LogP contribution is -2.43. The normalized spacial score (nSPS) is 23.4. The quantitative estimate of drug-likeness (QED) is 0.568. The minimum atomic E-state index is -1.84. The van der Waals surface area contributed by atoms with Crippen LogP contribution in [0, 0.1) is 5.92 Å². The van der Waals surface area contributed by atoms with Gasteiger partial charge in [0.2, 0.25) is 0 Å². The molecule has 0 aliphatic heterocycles. The summed E-state index contributed by atoms with van der Waals surface area (Å²) in [6.07, 6.45) is 5.43. The number of ketones is 1. The van der Waals surface area contributed by atoms with Crippen LogP contribution in [-0.2, 0) is 9.22 Å². The summed E-state index contributed by atoms with van der Waals surface area (Å²) >= 11 is 0. The fourth-order valence-corrected chi connectivity index (χ4v) is 2.84. The zero-order valence-corrected chi connectivity index (χ0v) is 13.7. The van der Waals surface area contributed by atoms with E-state index in [2.05, 4.69) is 47.7 Å². The summed E-state index contributed by atoms with van der Waals surface area (Å²) in [5, 5.41) is 0.162. The molecule has 0 aromatic carbocycles. The van der Waals surface area contributed by atoms with Gasteiger partial charge in [-0.2, -0.15) is 0 Å². The zero-order chi connectivity index (χ0) is 14.1. The van der Waals surface area contributed by atoms with Crippen LogP contribution in [0.3, 0.4) is 0 Å². The van der Waals surface area contributed by atoms with Gasteiger partial charge in [-0.3, -0.25) is 4.79 Å². The molecule has 0 heterocycles. The molecule has 102 valence electrons. The third kappa shape index (κ3) is 3.42. The van der Waals surface area contributed by atoms with Gasteiger partial charge in [0.15, 0.2) is 14.1 Å². The Balaban J connectivity index is 2.91. The molecule has 0 fully saturated rings. The standard InChI is InChI=1S/C15H26O2Si/c1-11(2)10-12-13(16)8-9-14(12)17-18(6,7)15(3,4)5/h8-11,14H,1-7H3/b12-10+. The summed E-state index contributed by atoms with van der Waals surface area (Å²) < 4.78 is 6.31. The average molecular weight is 266 g/mol. The van der Waals surface area contributed by atoms with Crippen molar-refractivity contribution in [3.63, 3.8) is 0 Å². The van der Waals surface area contributed by atoms with E-state index in [-0.39, 0.29) is 16.9 Å². The molecule has 0 saturated heterocycles. The lowest BCUT2D eigenvalue weighted by atomic mass is 10.1. The molecule has 1 aliphatic carbocycles. The van der Waals surface area contributed by atoms with E-state index in [1.165, 1.54) is 0 Å². The maximum absolute atomic E-state index is 11.8. The summed E-state index contributed by atoms with van der Waals surface area (Å²) in [7, 11) is -1.84. The summed E-state index contributed by atoms with van der Waals surface area (Å²) in [4.78, 5) is 11.8. The van der Waals surface area contributed by atoms with Crippen molar-refractivity contribution in [3.8, 4) is 0 Å². The van der Waals surface area contributed by atoms with Gasteiger partial charge in [0, 0.05) is 5.57 Å². The lowest BCUT2D eigenvalue weighted by molar-refractivity contribution is -0.111. The Kier molecular flexibility index (Phi) is 4.39. The van der Waals surface area contributed by atoms with E-state index in [0.717, 1.165) is 5.57 Å². The van der Waals surface area contributed by atoms with Crippen molar-refractivity contribution in [2.45, 2.75) is 58.9 Å². The van der Waals surface area contributed by atoms with Crippen molar-refractivity contribution >= 4 is 14.1 Å². The number of rotatable bonds is 3. The van der Waals surface area contributed by atoms with E-state index in [4.69, 9.17) is 4.43 Å². The van der Waals surface area contributed by atoms with Crippen LogP contribution in [0.15, 0.2) is 23.8 Å². The first kappa shape index (κ1) is 15.4. The highest BCUT2D eigenvalue weighted by molar-refractivity contribution is 6.74. The molecule has 2 nitrogen and oxygen atoms in total. The topological polar surface area (TPSA) is 26.3 Å². The van der Waals surface area contributed by atoms with Crippen LogP contribution in [-0.4, -0.2) is 20.2 Å². The van der Waals surface area contributed by atoms with Gasteiger partial charge in [0.1, 0.15) is 0 Å². The SMILES string of the molecule is CC(C)/C=C1\C(=O)C=CC1O[Si](C)(C)C(C)(C)C. The molecule has 0 bridgehead atoms. The van der Waals surface area contributed by atoms with Crippen molar-refractivity contribution in [1.29, 1.82) is 0 Å². The van der Waals surface area contributed by atoms with Gasteiger partial charge in [-0.15, -0.1) is 0 Å². The molecule has 0 amide bonds. The van der Waals surface area contributed by atoms with Crippen LogP contribution in [0.1, 0.15) is 34.6 Å². The van der Waals surface area contributed by atoms with Gasteiger partial charge in [-0.1, -0.05) is 40.7 Å². The number of carbonyl (C=O) groups excluding carboxylic acids is 1. The molecule has 1 atom stereocenters. The molecule has 18 heavy (non-hydrogen) atoms. The molecular weight excluding hydrogens is 240 g/mol. The van der Waals surface area contributed by atoms with E-state index < -0.39 is 8.32 Å². The Morgan fingerprint density at radius 2 is 1.89 bits per heavy atom. The molecule has 0 N–H and O–H groups in total. The number of allylic oxidation sites excluding steroid dienone is 2. The molecule has 1 rings (SSSR count). The molecule has 0 spiro atoms. The minimum absolute atomic E-state index is 0.104. The molecule has 1 aliphatic rings. The van der Waals surface area contributed by atoms with Crippen molar-refractivity contribution in [1.82, 2.24) is 0 Å². The second-order valence-corrected chi connectivity index (χ2v) is 11.6. The molecule has 0 aromatic heterocycles. The van der Waals surface area contributed by atoms with E-state index >= 15 is 0 Å². The molecule has 1 unspecified atom stereocenters. The maximum Gasteiger partial charge on any atom is 0.193 e. The van der Waals surface area contributed by atoms with Crippen LogP contribution in [0.25, 0.3) is 0 Å². The highest BCUT2D eigenvalue weighted by Crippen LogP contribution is 2.39. The van der Waals surface area contributed by atoms with Gasteiger partial charge >= 0.3 is 0 Å². The Morgan fingerprint density at radius 1 is 1.33 bits per heavy atom. The maximum atomic E-state index is 11.8. The predicted octanol–water partition coefficient (Wildman–Crippen LogP) is 4.10. The Labute approximate surface area is 112 Å². The highest BCUT2D eigenvalue weighted by Gasteiger charge is 2.40. The first-order chi connectivity index (χ1) is 8.04. The van der Waals surface area contributed by atoms with Gasteiger partial charge in [-0.05, 0) is 36.2 Å². The molecule has 0 saturated carbocycles. The summed E-state index contributed by atoms with van der Waals surface area (Å²) in [5.74, 6) is 0.474. The summed E-state index contributed by atoms with van der Waals surface area (Å²) in [6, 6.07) is 0. The highest BCUT2D eigenvalue weighted by atomic mass is 28.4. The number of hydrogen-bond donors (Lipinski definition) is 0. The van der Waals surface area contributed by atoms with Gasteiger partial charge in [-0.25, -0.2) is 0 Å². The zero-order valence-electron chi connectivity index (χ0n) is 12.7. The monoisotopic (exact) mass is 266 g/mol. The van der Waals surface area contributed by atoms with Crippen molar-refractivity contribution < 1.29 is 9.22 Å². The molecular formula is C15H26O2Si. The van der Waals surface area contributed by atoms with Gasteiger partial charge in [0.05, 0.1) is 6.10 Å². The molecule has 0 aromatic rings. The summed E-state index contributed by atoms with van der Waals surface area (Å²) in [6.45, 7) is 15.2. The van der Waals surface area contributed by atoms with E-state index in [0.29, 0.717) is 5.92 Å². The smallest absolute Gasteiger partial charge is 0.193 e. The largest absolute Gasteiger partial charge is 0.406 e. The van der Waals surface area contributed by atoms with E-state index in [9.17, 15) is 4.79 Å². The van der Waals surface area contributed by atoms with Gasteiger partial charge in [0.25, 0.3) is 0 Å². The van der Waals surface area contributed by atoms with Crippen molar-refractivity contribution in [2.75, 3.05) is 0 Å². The third-order valence-corrected chi connectivity index (χ3v) is 8.21.